The number of carbonyl (C=O) groups excluding carboxylic acids is 1. The van der Waals surface area contributed by atoms with Crippen LogP contribution in [0.1, 0.15) is 67.6 Å². The number of ether oxygens (including phenoxy) is 2. The lowest BCUT2D eigenvalue weighted by atomic mass is 9.90. The van der Waals surface area contributed by atoms with E-state index in [0.29, 0.717) is 24.6 Å². The highest BCUT2D eigenvalue weighted by Gasteiger charge is 2.35. The largest absolute Gasteiger partial charge is 0.487 e. The Labute approximate surface area is 174 Å². The maximum Gasteiger partial charge on any atom is 0.251 e. The van der Waals surface area contributed by atoms with Crippen molar-refractivity contribution in [2.45, 2.75) is 65.1 Å². The second-order valence-electron chi connectivity index (χ2n) is 8.80. The average molecular weight is 396 g/mol. The minimum absolute atomic E-state index is 0.0713. The Balaban J connectivity index is 1.61. The minimum Gasteiger partial charge on any atom is -0.487 e. The first-order valence-electron chi connectivity index (χ1n) is 10.6. The van der Waals surface area contributed by atoms with Crippen LogP contribution in [0.15, 0.2) is 42.5 Å². The smallest absolute Gasteiger partial charge is 0.251 e. The summed E-state index contributed by atoms with van der Waals surface area (Å²) in [5.41, 5.74) is 4.10. The zero-order chi connectivity index (χ0) is 21.0. The molecule has 1 unspecified atom stereocenters. The third kappa shape index (κ3) is 5.60. The van der Waals surface area contributed by atoms with E-state index in [-0.39, 0.29) is 17.6 Å². The molecule has 0 fully saturated rings. The summed E-state index contributed by atoms with van der Waals surface area (Å²) in [7, 11) is 0. The fraction of sp³-hybridized carbons (Fsp3) is 0.480. The fourth-order valence-corrected chi connectivity index (χ4v) is 3.77. The molecule has 2 aromatic rings. The number of amides is 1. The third-order valence-electron chi connectivity index (χ3n) is 5.31. The predicted octanol–water partition coefficient (Wildman–Crippen LogP) is 4.90. The van der Waals surface area contributed by atoms with Gasteiger partial charge in [0.25, 0.3) is 5.91 Å². The van der Waals surface area contributed by atoms with Crippen molar-refractivity contribution in [3.63, 3.8) is 0 Å². The van der Waals surface area contributed by atoms with Crippen LogP contribution >= 0.6 is 0 Å². The Hall–Kier alpha value is -2.33. The lowest BCUT2D eigenvalue weighted by molar-refractivity contribution is 0.0746. The predicted molar refractivity (Wildman–Crippen MR) is 117 cm³/mol. The molecule has 1 atom stereocenters. The summed E-state index contributed by atoms with van der Waals surface area (Å²) in [5, 5.41) is 2.92. The quantitative estimate of drug-likeness (QED) is 0.647. The Kier molecular flexibility index (Phi) is 6.63. The first-order valence-corrected chi connectivity index (χ1v) is 10.6. The molecule has 0 aromatic heterocycles. The van der Waals surface area contributed by atoms with Crippen LogP contribution in [0.5, 0.6) is 5.75 Å². The van der Waals surface area contributed by atoms with E-state index >= 15 is 0 Å². The molecule has 0 saturated heterocycles. The summed E-state index contributed by atoms with van der Waals surface area (Å²) in [6.07, 6.45) is 1.81. The summed E-state index contributed by atoms with van der Waals surface area (Å²) in [6, 6.07) is 14.5. The molecule has 1 aliphatic rings. The number of hydrogen-bond donors (Lipinski definition) is 1. The van der Waals surface area contributed by atoms with Crippen LogP contribution in [-0.2, 0) is 17.6 Å². The molecule has 29 heavy (non-hydrogen) atoms. The number of hydrogen-bond acceptors (Lipinski definition) is 3. The van der Waals surface area contributed by atoms with Crippen LogP contribution in [0.4, 0.5) is 0 Å². The van der Waals surface area contributed by atoms with Gasteiger partial charge in [-0.3, -0.25) is 4.79 Å². The van der Waals surface area contributed by atoms with Gasteiger partial charge >= 0.3 is 0 Å². The second-order valence-corrected chi connectivity index (χ2v) is 8.80. The Morgan fingerprint density at radius 1 is 1.14 bits per heavy atom. The molecule has 0 spiro atoms. The molecular formula is C25H33NO3. The van der Waals surface area contributed by atoms with Crippen LogP contribution in [0.3, 0.4) is 0 Å². The summed E-state index contributed by atoms with van der Waals surface area (Å²) in [6.45, 7) is 11.6. The van der Waals surface area contributed by atoms with Crippen molar-refractivity contribution in [2.24, 2.45) is 0 Å². The van der Waals surface area contributed by atoms with E-state index in [9.17, 15) is 4.79 Å². The molecule has 3 rings (SSSR count). The highest BCUT2D eigenvalue weighted by Crippen LogP contribution is 2.37. The molecule has 1 heterocycles. The number of benzene rings is 2. The fourth-order valence-electron chi connectivity index (χ4n) is 3.77. The lowest BCUT2D eigenvalue weighted by Gasteiger charge is -2.24. The second kappa shape index (κ2) is 9.00. The van der Waals surface area contributed by atoms with Crippen molar-refractivity contribution >= 4 is 5.91 Å². The molecular weight excluding hydrogens is 362 g/mol. The molecule has 0 bridgehead atoms. The van der Waals surface area contributed by atoms with Gasteiger partial charge in [0.15, 0.2) is 0 Å². The van der Waals surface area contributed by atoms with E-state index in [4.69, 9.17) is 9.47 Å². The van der Waals surface area contributed by atoms with Crippen LogP contribution in [0.25, 0.3) is 0 Å². The standard InChI is InChI=1S/C25H33NO3/c1-17(2)20-8-6-19(7-9-20)15-25(5)16-22-14-21(10-11-23(22)29-25)24(27)26-12-13-28-18(3)4/h6-11,14,17-18H,12-13,15-16H2,1-5H3,(H,26,27). The van der Waals surface area contributed by atoms with Gasteiger partial charge in [-0.25, -0.2) is 0 Å². The van der Waals surface area contributed by atoms with Gasteiger partial charge in [0, 0.05) is 24.9 Å². The van der Waals surface area contributed by atoms with E-state index < -0.39 is 0 Å². The average Bonchev–Trinajstić information content (AvgIpc) is 3.00. The summed E-state index contributed by atoms with van der Waals surface area (Å²) >= 11 is 0. The zero-order valence-electron chi connectivity index (χ0n) is 18.2. The topological polar surface area (TPSA) is 47.6 Å². The molecule has 156 valence electrons. The molecule has 1 amide bonds. The van der Waals surface area contributed by atoms with Crippen molar-refractivity contribution in [2.75, 3.05) is 13.2 Å². The monoisotopic (exact) mass is 395 g/mol. The van der Waals surface area contributed by atoms with Gasteiger partial charge < -0.3 is 14.8 Å². The van der Waals surface area contributed by atoms with Gasteiger partial charge in [0.05, 0.1) is 12.7 Å². The summed E-state index contributed by atoms with van der Waals surface area (Å²) in [4.78, 5) is 12.4. The Morgan fingerprint density at radius 2 is 1.86 bits per heavy atom. The Bertz CT molecular complexity index is 842. The Morgan fingerprint density at radius 3 is 2.52 bits per heavy atom. The molecule has 4 nitrogen and oxygen atoms in total. The van der Waals surface area contributed by atoms with E-state index in [1.165, 1.54) is 11.1 Å². The van der Waals surface area contributed by atoms with Crippen LogP contribution in [0.2, 0.25) is 0 Å². The van der Waals surface area contributed by atoms with E-state index in [2.05, 4.69) is 50.4 Å². The number of carbonyl (C=O) groups is 1. The molecule has 1 N–H and O–H groups in total. The van der Waals surface area contributed by atoms with Crippen LogP contribution < -0.4 is 10.1 Å². The molecule has 0 aliphatic carbocycles. The molecule has 2 aromatic carbocycles. The van der Waals surface area contributed by atoms with Gasteiger partial charge in [-0.2, -0.15) is 0 Å². The van der Waals surface area contributed by atoms with Crippen molar-refractivity contribution < 1.29 is 14.3 Å². The SMILES string of the molecule is CC(C)OCCNC(=O)c1ccc2c(c1)CC(C)(Cc1ccc(C(C)C)cc1)O2. The molecule has 1 aliphatic heterocycles. The summed E-state index contributed by atoms with van der Waals surface area (Å²) < 4.78 is 11.8. The van der Waals surface area contributed by atoms with E-state index in [1.54, 1.807) is 0 Å². The number of fused-ring (bicyclic) bond motifs is 1. The highest BCUT2D eigenvalue weighted by atomic mass is 16.5. The molecule has 0 radical (unpaired) electrons. The normalized spacial score (nSPS) is 18.0. The van der Waals surface area contributed by atoms with Gasteiger partial charge in [-0.05, 0) is 61.6 Å². The molecule has 0 saturated carbocycles. The molecule has 4 heteroatoms. The maximum atomic E-state index is 12.4. The van der Waals surface area contributed by atoms with E-state index in [1.807, 2.05) is 32.0 Å². The van der Waals surface area contributed by atoms with Crippen molar-refractivity contribution in [3.05, 3.63) is 64.7 Å². The zero-order valence-corrected chi connectivity index (χ0v) is 18.2. The van der Waals surface area contributed by atoms with E-state index in [0.717, 1.165) is 24.2 Å². The van der Waals surface area contributed by atoms with Gasteiger partial charge in [-0.1, -0.05) is 38.1 Å². The first kappa shape index (κ1) is 21.4. The maximum absolute atomic E-state index is 12.4. The third-order valence-corrected chi connectivity index (χ3v) is 5.31. The summed E-state index contributed by atoms with van der Waals surface area (Å²) in [5.74, 6) is 1.34. The number of rotatable bonds is 8. The first-order chi connectivity index (χ1) is 13.8. The van der Waals surface area contributed by atoms with Gasteiger partial charge in [0.1, 0.15) is 11.4 Å². The van der Waals surface area contributed by atoms with Gasteiger partial charge in [0.2, 0.25) is 0 Å². The van der Waals surface area contributed by atoms with Crippen LogP contribution in [-0.4, -0.2) is 30.8 Å². The van der Waals surface area contributed by atoms with Crippen molar-refractivity contribution in [1.82, 2.24) is 5.32 Å². The van der Waals surface area contributed by atoms with Gasteiger partial charge in [-0.15, -0.1) is 0 Å². The van der Waals surface area contributed by atoms with Crippen molar-refractivity contribution in [3.8, 4) is 5.75 Å². The lowest BCUT2D eigenvalue weighted by Crippen LogP contribution is -2.32. The minimum atomic E-state index is -0.290. The van der Waals surface area contributed by atoms with Crippen LogP contribution in [0, 0.1) is 0 Å². The number of nitrogens with one attached hydrogen (secondary N) is 1. The van der Waals surface area contributed by atoms with Crippen molar-refractivity contribution in [1.29, 1.82) is 0 Å². The highest BCUT2D eigenvalue weighted by molar-refractivity contribution is 5.94.